The topological polar surface area (TPSA) is 103 Å². The van der Waals surface area contributed by atoms with Crippen molar-refractivity contribution in [2.45, 2.75) is 20.4 Å². The van der Waals surface area contributed by atoms with E-state index in [1.165, 1.54) is 32.4 Å². The number of likely N-dealkylation sites (N-methyl/N-ethyl adjacent to an activating group) is 1. The number of hydrogen-bond donors (Lipinski definition) is 1. The first kappa shape index (κ1) is 22.1. The average Bonchev–Trinajstić information content (AvgIpc) is 2.92. The van der Waals surface area contributed by atoms with Crippen LogP contribution in [0.25, 0.3) is 0 Å². The van der Waals surface area contributed by atoms with E-state index < -0.39 is 11.9 Å². The normalized spacial score (nSPS) is 10.7. The van der Waals surface area contributed by atoms with Crippen LogP contribution >= 0.6 is 0 Å². The van der Waals surface area contributed by atoms with Crippen molar-refractivity contribution in [1.29, 1.82) is 0 Å². The number of carbonyl (C=O) groups is 3. The Morgan fingerprint density at radius 3 is 2.07 bits per heavy atom. The number of carbonyl (C=O) groups excluding carboxylic acids is 3. The molecule has 0 aliphatic rings. The highest BCUT2D eigenvalue weighted by Crippen LogP contribution is 2.18. The van der Waals surface area contributed by atoms with E-state index in [0.29, 0.717) is 12.2 Å². The molecule has 1 heterocycles. The molecule has 0 saturated heterocycles. The Balaban J connectivity index is 2.12. The van der Waals surface area contributed by atoms with Crippen LogP contribution in [0.3, 0.4) is 0 Å². The quantitative estimate of drug-likeness (QED) is 0.703. The fraction of sp³-hybridized carbons (Fsp3) is 0.400. The van der Waals surface area contributed by atoms with Gasteiger partial charge in [0.1, 0.15) is 0 Å². The second kappa shape index (κ2) is 9.33. The van der Waals surface area contributed by atoms with Crippen LogP contribution < -0.4 is 5.32 Å². The number of ether oxygens (including phenoxy) is 2. The Bertz CT molecular complexity index is 901. The number of nitrogens with zero attached hydrogens (tertiary/aromatic N) is 3. The number of rotatable bonds is 7. The summed E-state index contributed by atoms with van der Waals surface area (Å²) in [5.74, 6) is -1.53. The second-order valence-electron chi connectivity index (χ2n) is 6.78. The fourth-order valence-electron chi connectivity index (χ4n) is 2.99. The Kier molecular flexibility index (Phi) is 7.11. The molecular formula is C20H26N4O5. The van der Waals surface area contributed by atoms with Gasteiger partial charge in [0.15, 0.2) is 0 Å². The zero-order chi connectivity index (χ0) is 21.7. The largest absolute Gasteiger partial charge is 0.465 e. The third-order valence-electron chi connectivity index (χ3n) is 4.56. The standard InChI is InChI=1S/C20H26N4O5/c1-12-17(13(2)24(4)22-12)10-23(3)11-18(25)21-16-8-14(19(26)28-5)7-15(9-16)20(27)29-6/h7-9H,10-11H2,1-6H3,(H,21,25). The van der Waals surface area contributed by atoms with Crippen LogP contribution in [0.4, 0.5) is 5.69 Å². The molecule has 0 spiro atoms. The second-order valence-corrected chi connectivity index (χ2v) is 6.78. The minimum atomic E-state index is -0.620. The molecule has 1 aromatic carbocycles. The van der Waals surface area contributed by atoms with Crippen molar-refractivity contribution in [3.8, 4) is 0 Å². The first-order valence-corrected chi connectivity index (χ1v) is 8.95. The number of hydrogen-bond acceptors (Lipinski definition) is 7. The van der Waals surface area contributed by atoms with Crippen LogP contribution in [0.2, 0.25) is 0 Å². The molecular weight excluding hydrogens is 376 g/mol. The highest BCUT2D eigenvalue weighted by Gasteiger charge is 2.17. The van der Waals surface area contributed by atoms with Gasteiger partial charge in [0.25, 0.3) is 0 Å². The predicted molar refractivity (Wildman–Crippen MR) is 107 cm³/mol. The van der Waals surface area contributed by atoms with Gasteiger partial charge in [-0.25, -0.2) is 9.59 Å². The summed E-state index contributed by atoms with van der Waals surface area (Å²) >= 11 is 0. The van der Waals surface area contributed by atoms with Crippen molar-refractivity contribution < 1.29 is 23.9 Å². The molecule has 0 bridgehead atoms. The lowest BCUT2D eigenvalue weighted by molar-refractivity contribution is -0.117. The van der Waals surface area contributed by atoms with E-state index in [4.69, 9.17) is 9.47 Å². The van der Waals surface area contributed by atoms with Gasteiger partial charge in [-0.05, 0) is 39.1 Å². The number of aryl methyl sites for hydroxylation is 2. The summed E-state index contributed by atoms with van der Waals surface area (Å²) in [6.45, 7) is 4.59. The molecule has 2 aromatic rings. The monoisotopic (exact) mass is 402 g/mol. The third-order valence-corrected chi connectivity index (χ3v) is 4.56. The van der Waals surface area contributed by atoms with Gasteiger partial charge >= 0.3 is 11.9 Å². The van der Waals surface area contributed by atoms with Crippen molar-refractivity contribution >= 4 is 23.5 Å². The molecule has 0 aliphatic heterocycles. The van der Waals surface area contributed by atoms with Gasteiger partial charge in [0.05, 0.1) is 37.6 Å². The van der Waals surface area contributed by atoms with Crippen LogP contribution in [0.15, 0.2) is 18.2 Å². The molecule has 1 N–H and O–H groups in total. The number of aromatic nitrogens is 2. The smallest absolute Gasteiger partial charge is 0.337 e. The highest BCUT2D eigenvalue weighted by molar-refractivity contribution is 5.99. The first-order valence-electron chi connectivity index (χ1n) is 8.95. The van der Waals surface area contributed by atoms with E-state index in [9.17, 15) is 14.4 Å². The van der Waals surface area contributed by atoms with Crippen LogP contribution in [0.5, 0.6) is 0 Å². The molecule has 156 valence electrons. The maximum Gasteiger partial charge on any atom is 0.337 e. The maximum atomic E-state index is 12.5. The zero-order valence-corrected chi connectivity index (χ0v) is 17.5. The molecule has 0 fully saturated rings. The van der Waals surface area contributed by atoms with Gasteiger partial charge in [-0.15, -0.1) is 0 Å². The first-order chi connectivity index (χ1) is 13.7. The van der Waals surface area contributed by atoms with Crippen molar-refractivity contribution in [2.24, 2.45) is 7.05 Å². The fourth-order valence-corrected chi connectivity index (χ4v) is 2.99. The van der Waals surface area contributed by atoms with Gasteiger partial charge in [-0.2, -0.15) is 5.10 Å². The molecule has 9 heteroatoms. The minimum Gasteiger partial charge on any atom is -0.465 e. The maximum absolute atomic E-state index is 12.5. The minimum absolute atomic E-state index is 0.115. The molecule has 2 rings (SSSR count). The molecule has 0 saturated carbocycles. The lowest BCUT2D eigenvalue weighted by atomic mass is 10.1. The molecule has 1 amide bonds. The van der Waals surface area contributed by atoms with Gasteiger partial charge in [-0.1, -0.05) is 0 Å². The van der Waals surface area contributed by atoms with Crippen LogP contribution in [-0.2, 0) is 27.9 Å². The number of nitrogens with one attached hydrogen (secondary N) is 1. The van der Waals surface area contributed by atoms with E-state index in [-0.39, 0.29) is 23.6 Å². The number of benzene rings is 1. The summed E-state index contributed by atoms with van der Waals surface area (Å²) in [4.78, 5) is 38.1. The van der Waals surface area contributed by atoms with E-state index in [1.54, 1.807) is 0 Å². The van der Waals surface area contributed by atoms with Crippen molar-refractivity contribution in [3.05, 3.63) is 46.3 Å². The van der Waals surface area contributed by atoms with Crippen molar-refractivity contribution in [1.82, 2.24) is 14.7 Å². The summed E-state index contributed by atoms with van der Waals surface area (Å²) in [6.07, 6.45) is 0. The molecule has 0 unspecified atom stereocenters. The van der Waals surface area contributed by atoms with E-state index >= 15 is 0 Å². The molecule has 1 aromatic heterocycles. The van der Waals surface area contributed by atoms with Crippen LogP contribution in [-0.4, -0.2) is 60.3 Å². The Morgan fingerprint density at radius 2 is 1.62 bits per heavy atom. The van der Waals surface area contributed by atoms with Crippen LogP contribution in [0, 0.1) is 13.8 Å². The summed E-state index contributed by atoms with van der Waals surface area (Å²) in [6, 6.07) is 4.25. The highest BCUT2D eigenvalue weighted by atomic mass is 16.5. The number of methoxy groups -OCH3 is 2. The zero-order valence-electron chi connectivity index (χ0n) is 17.5. The Hall–Kier alpha value is -3.20. The Labute approximate surface area is 169 Å². The van der Waals surface area contributed by atoms with Crippen molar-refractivity contribution in [2.75, 3.05) is 33.1 Å². The summed E-state index contributed by atoms with van der Waals surface area (Å²) in [5, 5.41) is 7.10. The summed E-state index contributed by atoms with van der Waals surface area (Å²) in [7, 11) is 6.19. The molecule has 0 aliphatic carbocycles. The van der Waals surface area contributed by atoms with Crippen LogP contribution in [0.1, 0.15) is 37.7 Å². The van der Waals surface area contributed by atoms with E-state index in [1.807, 2.05) is 37.5 Å². The molecule has 0 radical (unpaired) electrons. The van der Waals surface area contributed by atoms with Gasteiger partial charge in [0.2, 0.25) is 5.91 Å². The molecule has 29 heavy (non-hydrogen) atoms. The number of amides is 1. The van der Waals surface area contributed by atoms with E-state index in [0.717, 1.165) is 17.0 Å². The van der Waals surface area contributed by atoms with E-state index in [2.05, 4.69) is 10.4 Å². The predicted octanol–water partition coefficient (Wildman–Crippen LogP) is 1.68. The Morgan fingerprint density at radius 1 is 1.07 bits per heavy atom. The van der Waals surface area contributed by atoms with Crippen molar-refractivity contribution in [3.63, 3.8) is 0 Å². The van der Waals surface area contributed by atoms with Gasteiger partial charge < -0.3 is 14.8 Å². The number of anilines is 1. The molecule has 0 atom stereocenters. The average molecular weight is 402 g/mol. The SMILES string of the molecule is COC(=O)c1cc(NC(=O)CN(C)Cc2c(C)nn(C)c2C)cc(C(=O)OC)c1. The lowest BCUT2D eigenvalue weighted by Crippen LogP contribution is -2.30. The van der Waals surface area contributed by atoms with Gasteiger partial charge in [-0.3, -0.25) is 14.4 Å². The summed E-state index contributed by atoms with van der Waals surface area (Å²) < 4.78 is 11.2. The van der Waals surface area contributed by atoms with Gasteiger partial charge in [0, 0.05) is 30.5 Å². The summed E-state index contributed by atoms with van der Waals surface area (Å²) in [5.41, 5.74) is 3.62. The molecule has 9 nitrogen and oxygen atoms in total. The third kappa shape index (κ3) is 5.41. The number of esters is 2. The lowest BCUT2D eigenvalue weighted by Gasteiger charge is -2.17.